The second kappa shape index (κ2) is 12.0. The molecule has 164 valence electrons. The smallest absolute Gasteiger partial charge is 0.303 e. The summed E-state index contributed by atoms with van der Waals surface area (Å²) in [5.41, 5.74) is 0.499. The number of hydrogen-bond donors (Lipinski definition) is 3. The van der Waals surface area contributed by atoms with Crippen LogP contribution in [0.25, 0.3) is 0 Å². The maximum atomic E-state index is 10.9. The molecule has 1 fully saturated rings. The number of hydrogen-bond acceptors (Lipinski definition) is 4. The Kier molecular flexibility index (Phi) is 10.0. The molecule has 1 aliphatic carbocycles. The number of rotatable bonds is 13. The number of aliphatic hydroxyl groups is 2. The molecule has 0 radical (unpaired) electrons. The van der Waals surface area contributed by atoms with Crippen molar-refractivity contribution in [3.63, 3.8) is 0 Å². The lowest BCUT2D eigenvalue weighted by atomic mass is 9.84. The van der Waals surface area contributed by atoms with Crippen LogP contribution in [0.15, 0.2) is 29.2 Å². The standard InChI is InChI=1S/C24H38O4S/c1-18-9-7-8-11-22(18)29-17-24(2,28)16-15-20-19(13-14-21(20)25)10-5-3-4-6-12-23(26)27/h7-9,11,19-21,25,28H,3-6,10,12-17H2,1-2H3,(H,26,27)/t19?,20?,21-,24?/m1/s1. The van der Waals surface area contributed by atoms with Crippen LogP contribution in [0.2, 0.25) is 0 Å². The highest BCUT2D eigenvalue weighted by atomic mass is 32.2. The van der Waals surface area contributed by atoms with Crippen LogP contribution < -0.4 is 0 Å². The molecule has 0 bridgehead atoms. The molecule has 4 nitrogen and oxygen atoms in total. The van der Waals surface area contributed by atoms with E-state index in [1.54, 1.807) is 11.8 Å². The molecule has 1 aliphatic rings. The summed E-state index contributed by atoms with van der Waals surface area (Å²) < 4.78 is 0. The number of benzene rings is 1. The number of aliphatic hydroxyl groups excluding tert-OH is 1. The molecule has 0 aromatic heterocycles. The number of thioether (sulfide) groups is 1. The lowest BCUT2D eigenvalue weighted by Gasteiger charge is -2.28. The zero-order valence-electron chi connectivity index (χ0n) is 18.0. The fourth-order valence-corrected chi connectivity index (χ4v) is 5.53. The van der Waals surface area contributed by atoms with Gasteiger partial charge in [0, 0.05) is 17.1 Å². The molecule has 4 atom stereocenters. The Bertz CT molecular complexity index is 631. The maximum Gasteiger partial charge on any atom is 0.303 e. The Balaban J connectivity index is 1.73. The van der Waals surface area contributed by atoms with Gasteiger partial charge >= 0.3 is 5.97 Å². The summed E-state index contributed by atoms with van der Waals surface area (Å²) in [5, 5.41) is 30.0. The van der Waals surface area contributed by atoms with Crippen molar-refractivity contribution in [1.29, 1.82) is 0 Å². The third-order valence-electron chi connectivity index (χ3n) is 6.30. The third-order valence-corrected chi connectivity index (χ3v) is 7.83. The first-order chi connectivity index (χ1) is 13.8. The quantitative estimate of drug-likeness (QED) is 0.292. The molecule has 0 spiro atoms. The molecule has 0 aliphatic heterocycles. The van der Waals surface area contributed by atoms with Gasteiger partial charge in [0.25, 0.3) is 0 Å². The molecule has 3 N–H and O–H groups in total. The first-order valence-corrected chi connectivity index (χ1v) is 12.1. The van der Waals surface area contributed by atoms with Gasteiger partial charge in [-0.25, -0.2) is 0 Å². The second-order valence-electron chi connectivity index (χ2n) is 9.01. The normalized spacial score (nSPS) is 23.8. The van der Waals surface area contributed by atoms with Crippen molar-refractivity contribution in [1.82, 2.24) is 0 Å². The molecule has 0 heterocycles. The second-order valence-corrected chi connectivity index (χ2v) is 10.0. The van der Waals surface area contributed by atoms with Crippen molar-refractivity contribution in [2.75, 3.05) is 5.75 Å². The van der Waals surface area contributed by atoms with Gasteiger partial charge in [-0.05, 0) is 69.4 Å². The highest BCUT2D eigenvalue weighted by Gasteiger charge is 2.35. The van der Waals surface area contributed by atoms with Gasteiger partial charge in [0.2, 0.25) is 0 Å². The van der Waals surface area contributed by atoms with Crippen LogP contribution in [0.4, 0.5) is 0 Å². The first kappa shape index (κ1) is 24.2. The average molecular weight is 423 g/mol. The molecule has 0 amide bonds. The van der Waals surface area contributed by atoms with Crippen LogP contribution in [0.3, 0.4) is 0 Å². The molecule has 0 saturated heterocycles. The number of carbonyl (C=O) groups is 1. The summed E-state index contributed by atoms with van der Waals surface area (Å²) in [6.07, 6.45) is 8.54. The topological polar surface area (TPSA) is 77.8 Å². The van der Waals surface area contributed by atoms with E-state index >= 15 is 0 Å². The van der Waals surface area contributed by atoms with E-state index < -0.39 is 11.6 Å². The van der Waals surface area contributed by atoms with E-state index in [0.717, 1.165) is 51.4 Å². The van der Waals surface area contributed by atoms with E-state index in [1.165, 1.54) is 10.5 Å². The Hall–Kier alpha value is -1.04. The van der Waals surface area contributed by atoms with E-state index in [9.17, 15) is 15.0 Å². The Labute approximate surface area is 180 Å². The van der Waals surface area contributed by atoms with Crippen molar-refractivity contribution in [3.05, 3.63) is 29.8 Å². The lowest BCUT2D eigenvalue weighted by molar-refractivity contribution is -0.137. The van der Waals surface area contributed by atoms with E-state index in [4.69, 9.17) is 5.11 Å². The minimum atomic E-state index is -0.739. The zero-order chi connectivity index (χ0) is 21.3. The SMILES string of the molecule is Cc1ccccc1SCC(C)(O)CCC1C(CCCCCCC(=O)O)CC[C@H]1O. The maximum absolute atomic E-state index is 10.9. The van der Waals surface area contributed by atoms with Crippen LogP contribution in [0.1, 0.15) is 76.7 Å². The van der Waals surface area contributed by atoms with Gasteiger partial charge in [-0.2, -0.15) is 0 Å². The minimum Gasteiger partial charge on any atom is -0.481 e. The van der Waals surface area contributed by atoms with Gasteiger partial charge in [-0.15, -0.1) is 11.8 Å². The number of aryl methyl sites for hydroxylation is 1. The highest BCUT2D eigenvalue weighted by molar-refractivity contribution is 7.99. The van der Waals surface area contributed by atoms with Crippen molar-refractivity contribution in [2.24, 2.45) is 11.8 Å². The molecular weight excluding hydrogens is 384 g/mol. The average Bonchev–Trinajstić information content (AvgIpc) is 3.02. The van der Waals surface area contributed by atoms with Gasteiger partial charge in [-0.1, -0.05) is 43.9 Å². The molecule has 2 rings (SSSR count). The van der Waals surface area contributed by atoms with Gasteiger partial charge in [0.1, 0.15) is 0 Å². The van der Waals surface area contributed by atoms with E-state index in [-0.39, 0.29) is 18.4 Å². The predicted octanol–water partition coefficient (Wildman–Crippen LogP) is 5.43. The summed E-state index contributed by atoms with van der Waals surface area (Å²) in [4.78, 5) is 11.8. The van der Waals surface area contributed by atoms with Gasteiger partial charge < -0.3 is 15.3 Å². The van der Waals surface area contributed by atoms with E-state index in [2.05, 4.69) is 19.1 Å². The van der Waals surface area contributed by atoms with Gasteiger partial charge in [0.15, 0.2) is 0 Å². The predicted molar refractivity (Wildman–Crippen MR) is 119 cm³/mol. The van der Waals surface area contributed by atoms with Crippen molar-refractivity contribution in [2.45, 2.75) is 94.7 Å². The molecular formula is C24H38O4S. The van der Waals surface area contributed by atoms with Gasteiger partial charge in [-0.3, -0.25) is 4.79 Å². The third kappa shape index (κ3) is 8.69. The van der Waals surface area contributed by atoms with Crippen LogP contribution in [0.5, 0.6) is 0 Å². The molecule has 1 aromatic carbocycles. The van der Waals surface area contributed by atoms with Gasteiger partial charge in [0.05, 0.1) is 11.7 Å². The molecule has 1 aromatic rings. The lowest BCUT2D eigenvalue weighted by Crippen LogP contribution is -2.30. The summed E-state index contributed by atoms with van der Waals surface area (Å²) in [6.45, 7) is 4.01. The number of carboxylic acid groups (broad SMARTS) is 1. The highest BCUT2D eigenvalue weighted by Crippen LogP contribution is 2.40. The van der Waals surface area contributed by atoms with Crippen molar-refractivity contribution >= 4 is 17.7 Å². The van der Waals surface area contributed by atoms with Crippen LogP contribution in [0, 0.1) is 18.8 Å². The Morgan fingerprint density at radius 3 is 2.59 bits per heavy atom. The first-order valence-electron chi connectivity index (χ1n) is 11.1. The zero-order valence-corrected chi connectivity index (χ0v) is 18.8. The summed E-state index contributed by atoms with van der Waals surface area (Å²) >= 11 is 1.71. The Morgan fingerprint density at radius 2 is 1.86 bits per heavy atom. The Morgan fingerprint density at radius 1 is 1.14 bits per heavy atom. The molecule has 3 unspecified atom stereocenters. The van der Waals surface area contributed by atoms with Crippen LogP contribution in [-0.4, -0.2) is 38.7 Å². The van der Waals surface area contributed by atoms with Crippen molar-refractivity contribution in [3.8, 4) is 0 Å². The van der Waals surface area contributed by atoms with Crippen LogP contribution >= 0.6 is 11.8 Å². The summed E-state index contributed by atoms with van der Waals surface area (Å²) in [7, 11) is 0. The molecule has 29 heavy (non-hydrogen) atoms. The van der Waals surface area contributed by atoms with E-state index in [0.29, 0.717) is 18.1 Å². The summed E-state index contributed by atoms with van der Waals surface area (Å²) in [6, 6.07) is 8.26. The molecule has 1 saturated carbocycles. The minimum absolute atomic E-state index is 0.244. The van der Waals surface area contributed by atoms with Crippen molar-refractivity contribution < 1.29 is 20.1 Å². The number of aliphatic carboxylic acids is 1. The largest absolute Gasteiger partial charge is 0.481 e. The monoisotopic (exact) mass is 422 g/mol. The van der Waals surface area contributed by atoms with E-state index in [1.807, 2.05) is 19.1 Å². The fourth-order valence-electron chi connectivity index (χ4n) is 4.45. The van der Waals surface area contributed by atoms with Crippen LogP contribution in [-0.2, 0) is 4.79 Å². The summed E-state index contributed by atoms with van der Waals surface area (Å²) in [5.74, 6) is 0.763. The fraction of sp³-hybridized carbons (Fsp3) is 0.708. The molecule has 5 heteroatoms. The number of unbranched alkanes of at least 4 members (excludes halogenated alkanes) is 3. The number of carboxylic acids is 1.